The Balaban J connectivity index is 3.04. The zero-order valence-corrected chi connectivity index (χ0v) is 10.5. The highest BCUT2D eigenvalue weighted by atomic mass is 16.5. The molecule has 2 unspecified atom stereocenters. The normalized spacial score (nSPS) is 15.0. The minimum Gasteiger partial charge on any atom is -0.391 e. The van der Waals surface area contributed by atoms with Gasteiger partial charge in [-0.25, -0.2) is 0 Å². The second-order valence-electron chi connectivity index (χ2n) is 3.98. The molecule has 0 aromatic heterocycles. The Labute approximate surface area is 98.6 Å². The molecule has 0 heterocycles. The van der Waals surface area contributed by atoms with Crippen molar-refractivity contribution in [3.8, 4) is 0 Å². The number of hydrogen-bond donors (Lipinski definition) is 2. The molecule has 4 nitrogen and oxygen atoms in total. The summed E-state index contributed by atoms with van der Waals surface area (Å²) in [5, 5.41) is 18.4. The molecule has 4 heteroatoms. The summed E-state index contributed by atoms with van der Waals surface area (Å²) < 4.78 is 10.6. The van der Waals surface area contributed by atoms with Gasteiger partial charge >= 0.3 is 0 Å². The van der Waals surface area contributed by atoms with Crippen molar-refractivity contribution in [2.45, 2.75) is 51.7 Å². The second kappa shape index (κ2) is 11.3. The van der Waals surface area contributed by atoms with E-state index in [1.165, 1.54) is 0 Å². The Hall–Kier alpha value is -0.160. The second-order valence-corrected chi connectivity index (χ2v) is 3.98. The van der Waals surface area contributed by atoms with Gasteiger partial charge in [-0.2, -0.15) is 0 Å². The highest BCUT2D eigenvalue weighted by molar-refractivity contribution is 4.50. The molecule has 0 radical (unpaired) electrons. The fraction of sp³-hybridized carbons (Fsp3) is 1.00. The van der Waals surface area contributed by atoms with Crippen LogP contribution in [0.4, 0.5) is 0 Å². The zero-order valence-electron chi connectivity index (χ0n) is 10.5. The Morgan fingerprint density at radius 1 is 0.812 bits per heavy atom. The van der Waals surface area contributed by atoms with Crippen LogP contribution in [-0.4, -0.2) is 48.8 Å². The summed E-state index contributed by atoms with van der Waals surface area (Å²) in [6, 6.07) is 0. The maximum absolute atomic E-state index is 9.21. The van der Waals surface area contributed by atoms with Crippen molar-refractivity contribution in [2.75, 3.05) is 26.4 Å². The SMILES string of the molecule is CCC(O)COCCCCOCC(O)CC. The average molecular weight is 234 g/mol. The lowest BCUT2D eigenvalue weighted by molar-refractivity contribution is 0.0198. The smallest absolute Gasteiger partial charge is 0.0771 e. The van der Waals surface area contributed by atoms with Crippen LogP contribution in [0.3, 0.4) is 0 Å². The number of aliphatic hydroxyl groups excluding tert-OH is 2. The molecule has 0 saturated heterocycles. The van der Waals surface area contributed by atoms with Crippen LogP contribution in [0.15, 0.2) is 0 Å². The van der Waals surface area contributed by atoms with E-state index in [0.29, 0.717) is 26.4 Å². The Morgan fingerprint density at radius 2 is 1.19 bits per heavy atom. The van der Waals surface area contributed by atoms with Crippen molar-refractivity contribution in [1.82, 2.24) is 0 Å². The van der Waals surface area contributed by atoms with Crippen LogP contribution >= 0.6 is 0 Å². The standard InChI is InChI=1S/C12H26O4/c1-3-11(13)9-15-7-5-6-8-16-10-12(14)4-2/h11-14H,3-10H2,1-2H3. The van der Waals surface area contributed by atoms with Gasteiger partial charge in [-0.15, -0.1) is 0 Å². The van der Waals surface area contributed by atoms with Crippen LogP contribution in [0.5, 0.6) is 0 Å². The van der Waals surface area contributed by atoms with Gasteiger partial charge in [-0.1, -0.05) is 13.8 Å². The predicted molar refractivity (Wildman–Crippen MR) is 63.5 cm³/mol. The summed E-state index contributed by atoms with van der Waals surface area (Å²) in [6.45, 7) is 6.03. The summed E-state index contributed by atoms with van der Waals surface area (Å²) in [7, 11) is 0. The summed E-state index contributed by atoms with van der Waals surface area (Å²) in [6.07, 6.45) is 2.65. The van der Waals surface area contributed by atoms with E-state index >= 15 is 0 Å². The molecule has 0 aliphatic heterocycles. The molecule has 16 heavy (non-hydrogen) atoms. The summed E-state index contributed by atoms with van der Waals surface area (Å²) >= 11 is 0. The largest absolute Gasteiger partial charge is 0.391 e. The molecule has 2 N–H and O–H groups in total. The van der Waals surface area contributed by atoms with Crippen molar-refractivity contribution in [3.05, 3.63) is 0 Å². The van der Waals surface area contributed by atoms with Gasteiger partial charge < -0.3 is 19.7 Å². The van der Waals surface area contributed by atoms with Crippen LogP contribution in [0.25, 0.3) is 0 Å². The number of rotatable bonds is 11. The van der Waals surface area contributed by atoms with Crippen molar-refractivity contribution in [2.24, 2.45) is 0 Å². The first kappa shape index (κ1) is 15.8. The molecule has 2 atom stereocenters. The maximum atomic E-state index is 9.21. The number of ether oxygens (including phenoxy) is 2. The monoisotopic (exact) mass is 234 g/mol. The van der Waals surface area contributed by atoms with Gasteiger partial charge in [0.15, 0.2) is 0 Å². The topological polar surface area (TPSA) is 58.9 Å². The molecule has 98 valence electrons. The third kappa shape index (κ3) is 10.4. The first-order valence-electron chi connectivity index (χ1n) is 6.22. The number of aliphatic hydroxyl groups is 2. The average Bonchev–Trinajstić information content (AvgIpc) is 2.31. The molecular weight excluding hydrogens is 208 g/mol. The fourth-order valence-corrected chi connectivity index (χ4v) is 1.08. The van der Waals surface area contributed by atoms with Crippen LogP contribution in [-0.2, 0) is 9.47 Å². The quantitative estimate of drug-likeness (QED) is 0.530. The lowest BCUT2D eigenvalue weighted by Gasteiger charge is -2.10. The highest BCUT2D eigenvalue weighted by Gasteiger charge is 2.01. The van der Waals surface area contributed by atoms with Gasteiger partial charge in [-0.3, -0.25) is 0 Å². The number of unbranched alkanes of at least 4 members (excludes halogenated alkanes) is 1. The minimum atomic E-state index is -0.337. The molecule has 0 aromatic carbocycles. The van der Waals surface area contributed by atoms with E-state index in [-0.39, 0.29) is 12.2 Å². The first-order valence-corrected chi connectivity index (χ1v) is 6.22. The van der Waals surface area contributed by atoms with Crippen molar-refractivity contribution < 1.29 is 19.7 Å². The summed E-state index contributed by atoms with van der Waals surface area (Å²) in [5.74, 6) is 0. The fourth-order valence-electron chi connectivity index (χ4n) is 1.08. The van der Waals surface area contributed by atoms with E-state index in [2.05, 4.69) is 0 Å². The molecular formula is C12H26O4. The first-order chi connectivity index (χ1) is 7.70. The molecule has 0 aliphatic carbocycles. The summed E-state index contributed by atoms with van der Waals surface area (Å²) in [4.78, 5) is 0. The molecule has 0 amide bonds. The number of hydrogen-bond acceptors (Lipinski definition) is 4. The molecule has 0 aromatic rings. The van der Waals surface area contributed by atoms with Crippen molar-refractivity contribution in [3.63, 3.8) is 0 Å². The Morgan fingerprint density at radius 3 is 1.50 bits per heavy atom. The van der Waals surface area contributed by atoms with Gasteiger partial charge in [0.25, 0.3) is 0 Å². The van der Waals surface area contributed by atoms with E-state index in [1.54, 1.807) is 0 Å². The third-order valence-electron chi connectivity index (χ3n) is 2.39. The van der Waals surface area contributed by atoms with Crippen molar-refractivity contribution in [1.29, 1.82) is 0 Å². The summed E-state index contributed by atoms with van der Waals surface area (Å²) in [5.41, 5.74) is 0. The van der Waals surface area contributed by atoms with E-state index in [1.807, 2.05) is 13.8 Å². The molecule has 0 bridgehead atoms. The third-order valence-corrected chi connectivity index (χ3v) is 2.39. The molecule has 0 aliphatic rings. The van der Waals surface area contributed by atoms with Gasteiger partial charge in [-0.05, 0) is 25.7 Å². The molecule has 0 spiro atoms. The Kier molecular flexibility index (Phi) is 11.2. The van der Waals surface area contributed by atoms with E-state index in [9.17, 15) is 10.2 Å². The van der Waals surface area contributed by atoms with E-state index in [4.69, 9.17) is 9.47 Å². The van der Waals surface area contributed by atoms with Gasteiger partial charge in [0.05, 0.1) is 25.4 Å². The Bertz CT molecular complexity index is 125. The predicted octanol–water partition coefficient (Wildman–Crippen LogP) is 1.34. The maximum Gasteiger partial charge on any atom is 0.0771 e. The van der Waals surface area contributed by atoms with Crippen LogP contribution in [0.1, 0.15) is 39.5 Å². The van der Waals surface area contributed by atoms with E-state index < -0.39 is 0 Å². The molecule has 0 fully saturated rings. The zero-order chi connectivity index (χ0) is 12.2. The van der Waals surface area contributed by atoms with E-state index in [0.717, 1.165) is 25.7 Å². The lowest BCUT2D eigenvalue weighted by Crippen LogP contribution is -2.15. The molecule has 0 rings (SSSR count). The minimum absolute atomic E-state index is 0.337. The van der Waals surface area contributed by atoms with Crippen molar-refractivity contribution >= 4 is 0 Å². The molecule has 0 saturated carbocycles. The lowest BCUT2D eigenvalue weighted by atomic mass is 10.3. The van der Waals surface area contributed by atoms with Gasteiger partial charge in [0.2, 0.25) is 0 Å². The van der Waals surface area contributed by atoms with Crippen LogP contribution < -0.4 is 0 Å². The van der Waals surface area contributed by atoms with Gasteiger partial charge in [0, 0.05) is 13.2 Å². The van der Waals surface area contributed by atoms with Crippen LogP contribution in [0, 0.1) is 0 Å². The highest BCUT2D eigenvalue weighted by Crippen LogP contribution is 1.97. The van der Waals surface area contributed by atoms with Gasteiger partial charge in [0.1, 0.15) is 0 Å². The van der Waals surface area contributed by atoms with Crippen LogP contribution in [0.2, 0.25) is 0 Å².